The lowest BCUT2D eigenvalue weighted by atomic mass is 10.2. The van der Waals surface area contributed by atoms with Crippen LogP contribution >= 0.6 is 0 Å². The van der Waals surface area contributed by atoms with Crippen molar-refractivity contribution in [1.29, 1.82) is 0 Å². The summed E-state index contributed by atoms with van der Waals surface area (Å²) in [5, 5.41) is 6.21. The SMILES string of the molecule is CC=Cc1c(C)n(C)c(=O)n1-c1ccc(C(=O)Nc2cnccc2N2CCNCC2)o1. The molecular weight excluding hydrogens is 396 g/mol. The number of hydrogen-bond acceptors (Lipinski definition) is 6. The number of carbonyl (C=O) groups is 1. The number of piperazine rings is 1. The van der Waals surface area contributed by atoms with Crippen molar-refractivity contribution in [3.05, 3.63) is 64.3 Å². The Morgan fingerprint density at radius 3 is 2.77 bits per heavy atom. The third kappa shape index (κ3) is 3.91. The minimum Gasteiger partial charge on any atom is -0.435 e. The highest BCUT2D eigenvalue weighted by Gasteiger charge is 2.21. The fourth-order valence-electron chi connectivity index (χ4n) is 3.71. The van der Waals surface area contributed by atoms with E-state index in [1.54, 1.807) is 36.1 Å². The van der Waals surface area contributed by atoms with Gasteiger partial charge in [-0.25, -0.2) is 9.36 Å². The molecule has 0 spiro atoms. The van der Waals surface area contributed by atoms with Crippen LogP contribution in [-0.2, 0) is 7.05 Å². The molecule has 9 nitrogen and oxygen atoms in total. The standard InChI is InChI=1S/C22H26N6O3/c1-4-5-17-15(2)26(3)22(30)28(17)20-7-6-19(31-20)21(29)25-16-14-24-9-8-18(16)27-12-10-23-11-13-27/h4-9,14,23H,10-13H2,1-3H3,(H,25,29). The Bertz CT molecular complexity index is 1180. The summed E-state index contributed by atoms with van der Waals surface area (Å²) in [6, 6.07) is 5.09. The predicted molar refractivity (Wildman–Crippen MR) is 120 cm³/mol. The molecule has 0 atom stereocenters. The molecule has 1 aliphatic heterocycles. The number of aromatic nitrogens is 3. The molecule has 1 fully saturated rings. The number of rotatable bonds is 5. The zero-order valence-electron chi connectivity index (χ0n) is 17.9. The Hall–Kier alpha value is -3.59. The molecule has 4 rings (SSSR count). The van der Waals surface area contributed by atoms with E-state index >= 15 is 0 Å². The van der Waals surface area contributed by atoms with E-state index in [9.17, 15) is 9.59 Å². The number of allylic oxidation sites excluding steroid dienone is 1. The molecule has 1 amide bonds. The summed E-state index contributed by atoms with van der Waals surface area (Å²) < 4.78 is 8.79. The third-order valence-electron chi connectivity index (χ3n) is 5.46. The van der Waals surface area contributed by atoms with Crippen LogP contribution in [0.15, 0.2) is 45.9 Å². The number of nitrogens with one attached hydrogen (secondary N) is 2. The summed E-state index contributed by atoms with van der Waals surface area (Å²) >= 11 is 0. The van der Waals surface area contributed by atoms with Crippen molar-refractivity contribution in [2.24, 2.45) is 7.05 Å². The number of pyridine rings is 1. The van der Waals surface area contributed by atoms with Gasteiger partial charge in [-0.05, 0) is 32.1 Å². The number of furan rings is 1. The molecule has 3 aromatic rings. The molecule has 162 valence electrons. The maximum atomic E-state index is 12.9. The second kappa shape index (κ2) is 8.65. The quantitative estimate of drug-likeness (QED) is 0.654. The van der Waals surface area contributed by atoms with Crippen molar-refractivity contribution in [3.8, 4) is 5.88 Å². The number of nitrogens with zero attached hydrogens (tertiary/aromatic N) is 4. The first-order valence-corrected chi connectivity index (χ1v) is 10.2. The van der Waals surface area contributed by atoms with Crippen molar-refractivity contribution < 1.29 is 9.21 Å². The Labute approximate surface area is 180 Å². The van der Waals surface area contributed by atoms with Crippen LogP contribution in [0.1, 0.15) is 28.9 Å². The van der Waals surface area contributed by atoms with Gasteiger partial charge in [0.05, 0.1) is 23.3 Å². The molecule has 0 aliphatic carbocycles. The molecule has 0 unspecified atom stereocenters. The average Bonchev–Trinajstić information content (AvgIpc) is 3.35. The summed E-state index contributed by atoms with van der Waals surface area (Å²) in [4.78, 5) is 31.9. The van der Waals surface area contributed by atoms with E-state index in [-0.39, 0.29) is 11.4 Å². The lowest BCUT2D eigenvalue weighted by molar-refractivity contribution is 0.0996. The van der Waals surface area contributed by atoms with Gasteiger partial charge < -0.3 is 20.0 Å². The Balaban J connectivity index is 1.61. The molecule has 2 N–H and O–H groups in total. The molecule has 0 radical (unpaired) electrons. The number of amides is 1. The molecule has 9 heteroatoms. The van der Waals surface area contributed by atoms with Crippen LogP contribution in [0.4, 0.5) is 11.4 Å². The molecular formula is C22H26N6O3. The van der Waals surface area contributed by atoms with Gasteiger partial charge >= 0.3 is 5.69 Å². The number of anilines is 2. The van der Waals surface area contributed by atoms with E-state index in [1.807, 2.05) is 32.1 Å². The van der Waals surface area contributed by atoms with E-state index in [1.165, 1.54) is 4.57 Å². The number of imidazole rings is 1. The molecule has 0 saturated carbocycles. The Morgan fingerprint density at radius 2 is 2.03 bits per heavy atom. The molecule has 3 aromatic heterocycles. The smallest absolute Gasteiger partial charge is 0.335 e. The molecule has 0 aromatic carbocycles. The molecule has 1 aliphatic rings. The van der Waals surface area contributed by atoms with Gasteiger partial charge in [0.1, 0.15) is 0 Å². The normalized spacial score (nSPS) is 14.4. The number of hydrogen-bond donors (Lipinski definition) is 2. The molecule has 1 saturated heterocycles. The van der Waals surface area contributed by atoms with Gasteiger partial charge in [0.25, 0.3) is 5.91 Å². The maximum Gasteiger partial charge on any atom is 0.335 e. The Kier molecular flexibility index (Phi) is 5.77. The van der Waals surface area contributed by atoms with Crippen molar-refractivity contribution in [2.75, 3.05) is 36.4 Å². The topological polar surface area (TPSA) is 97.3 Å². The van der Waals surface area contributed by atoms with Crippen LogP contribution in [0.25, 0.3) is 12.0 Å². The predicted octanol–water partition coefficient (Wildman–Crippen LogP) is 2.17. The van der Waals surface area contributed by atoms with Gasteiger partial charge in [0, 0.05) is 51.2 Å². The van der Waals surface area contributed by atoms with Crippen LogP contribution < -0.4 is 21.2 Å². The zero-order valence-corrected chi connectivity index (χ0v) is 17.9. The Morgan fingerprint density at radius 1 is 1.26 bits per heavy atom. The van der Waals surface area contributed by atoms with Crippen LogP contribution in [-0.4, -0.2) is 46.2 Å². The van der Waals surface area contributed by atoms with E-state index in [0.29, 0.717) is 17.3 Å². The van der Waals surface area contributed by atoms with Gasteiger partial charge in [-0.15, -0.1) is 0 Å². The first-order valence-electron chi connectivity index (χ1n) is 10.2. The van der Waals surface area contributed by atoms with Crippen LogP contribution in [0.3, 0.4) is 0 Å². The lowest BCUT2D eigenvalue weighted by Crippen LogP contribution is -2.43. The highest BCUT2D eigenvalue weighted by Crippen LogP contribution is 2.26. The second-order valence-corrected chi connectivity index (χ2v) is 7.37. The minimum absolute atomic E-state index is 0.116. The van der Waals surface area contributed by atoms with E-state index in [4.69, 9.17) is 4.42 Å². The number of carbonyl (C=O) groups excluding carboxylic acids is 1. The third-order valence-corrected chi connectivity index (χ3v) is 5.46. The molecule has 0 bridgehead atoms. The van der Waals surface area contributed by atoms with E-state index in [0.717, 1.165) is 37.6 Å². The first kappa shape index (κ1) is 20.7. The molecule has 31 heavy (non-hydrogen) atoms. The van der Waals surface area contributed by atoms with Crippen LogP contribution in [0.5, 0.6) is 0 Å². The monoisotopic (exact) mass is 422 g/mol. The summed E-state index contributed by atoms with van der Waals surface area (Å²) in [6.45, 7) is 7.22. The largest absolute Gasteiger partial charge is 0.435 e. The van der Waals surface area contributed by atoms with Crippen LogP contribution in [0.2, 0.25) is 0 Å². The summed E-state index contributed by atoms with van der Waals surface area (Å²) in [6.07, 6.45) is 7.04. The van der Waals surface area contributed by atoms with Crippen molar-refractivity contribution in [2.45, 2.75) is 13.8 Å². The van der Waals surface area contributed by atoms with Crippen molar-refractivity contribution >= 4 is 23.4 Å². The lowest BCUT2D eigenvalue weighted by Gasteiger charge is -2.30. The molecule has 4 heterocycles. The summed E-state index contributed by atoms with van der Waals surface area (Å²) in [5.74, 6) is 0.00864. The van der Waals surface area contributed by atoms with Gasteiger partial charge in [0.2, 0.25) is 5.88 Å². The highest BCUT2D eigenvalue weighted by atomic mass is 16.4. The second-order valence-electron chi connectivity index (χ2n) is 7.37. The fourth-order valence-corrected chi connectivity index (χ4v) is 3.71. The summed E-state index contributed by atoms with van der Waals surface area (Å²) in [7, 11) is 1.71. The first-order chi connectivity index (χ1) is 15.0. The maximum absolute atomic E-state index is 12.9. The fraction of sp³-hybridized carbons (Fsp3) is 0.318. The average molecular weight is 422 g/mol. The van der Waals surface area contributed by atoms with Gasteiger partial charge in [-0.1, -0.05) is 6.08 Å². The van der Waals surface area contributed by atoms with Gasteiger partial charge in [0.15, 0.2) is 5.76 Å². The summed E-state index contributed by atoms with van der Waals surface area (Å²) in [5.41, 5.74) is 2.82. The van der Waals surface area contributed by atoms with Crippen molar-refractivity contribution in [1.82, 2.24) is 19.4 Å². The zero-order chi connectivity index (χ0) is 22.0. The van der Waals surface area contributed by atoms with Crippen molar-refractivity contribution in [3.63, 3.8) is 0 Å². The highest BCUT2D eigenvalue weighted by molar-refractivity contribution is 6.04. The van der Waals surface area contributed by atoms with Crippen LogP contribution in [0, 0.1) is 6.92 Å². The minimum atomic E-state index is -0.399. The van der Waals surface area contributed by atoms with Gasteiger partial charge in [-0.2, -0.15) is 0 Å². The van der Waals surface area contributed by atoms with Gasteiger partial charge in [-0.3, -0.25) is 14.3 Å². The van der Waals surface area contributed by atoms with E-state index < -0.39 is 5.91 Å². The van der Waals surface area contributed by atoms with E-state index in [2.05, 4.69) is 20.5 Å².